The zero-order chi connectivity index (χ0) is 15.2. The molecule has 2 aromatic rings. The van der Waals surface area contributed by atoms with Crippen molar-refractivity contribution in [2.75, 3.05) is 0 Å². The summed E-state index contributed by atoms with van der Waals surface area (Å²) < 4.78 is 0. The van der Waals surface area contributed by atoms with E-state index in [9.17, 15) is 0 Å². The molecule has 0 saturated carbocycles. The third kappa shape index (κ3) is 4.71. The van der Waals surface area contributed by atoms with Gasteiger partial charge >= 0.3 is 0 Å². The molecule has 2 atom stereocenters. The van der Waals surface area contributed by atoms with Crippen molar-refractivity contribution in [2.45, 2.75) is 46.2 Å². The molecule has 0 heterocycles. The average molecular weight is 281 g/mol. The summed E-state index contributed by atoms with van der Waals surface area (Å²) in [6.45, 7) is 8.98. The summed E-state index contributed by atoms with van der Waals surface area (Å²) in [5.74, 6) is 0.713. The summed E-state index contributed by atoms with van der Waals surface area (Å²) in [7, 11) is 0. The van der Waals surface area contributed by atoms with Gasteiger partial charge in [0.25, 0.3) is 0 Å². The Labute approximate surface area is 129 Å². The van der Waals surface area contributed by atoms with Gasteiger partial charge in [-0.3, -0.25) is 0 Å². The van der Waals surface area contributed by atoms with Crippen LogP contribution < -0.4 is 5.32 Å². The Morgan fingerprint density at radius 2 is 1.24 bits per heavy atom. The maximum atomic E-state index is 3.67. The lowest BCUT2D eigenvalue weighted by Crippen LogP contribution is -2.22. The molecule has 1 N–H and O–H groups in total. The fourth-order valence-electron chi connectivity index (χ4n) is 2.72. The fourth-order valence-corrected chi connectivity index (χ4v) is 2.72. The van der Waals surface area contributed by atoms with Crippen LogP contribution in [0.4, 0.5) is 0 Å². The normalized spacial score (nSPS) is 14.1. The van der Waals surface area contributed by atoms with Gasteiger partial charge in [0.05, 0.1) is 0 Å². The molecule has 2 aromatic carbocycles. The topological polar surface area (TPSA) is 12.0 Å². The molecule has 0 bridgehead atoms. The van der Waals surface area contributed by atoms with Gasteiger partial charge in [0.2, 0.25) is 0 Å². The van der Waals surface area contributed by atoms with Crippen LogP contribution >= 0.6 is 0 Å². The first kappa shape index (κ1) is 15.8. The van der Waals surface area contributed by atoms with E-state index < -0.39 is 0 Å². The predicted octanol–water partition coefficient (Wildman–Crippen LogP) is 5.30. The third-order valence-electron chi connectivity index (χ3n) is 3.92. The van der Waals surface area contributed by atoms with Gasteiger partial charge in [-0.25, -0.2) is 0 Å². The van der Waals surface area contributed by atoms with E-state index in [0.717, 1.165) is 6.42 Å². The lowest BCUT2D eigenvalue weighted by molar-refractivity contribution is 0.494. The van der Waals surface area contributed by atoms with Crippen LogP contribution in [-0.4, -0.2) is 0 Å². The largest absolute Gasteiger partial charge is 0.304 e. The smallest absolute Gasteiger partial charge is 0.0297 e. The van der Waals surface area contributed by atoms with Crippen molar-refractivity contribution in [1.29, 1.82) is 0 Å². The average Bonchev–Trinajstić information content (AvgIpc) is 2.48. The second-order valence-corrected chi connectivity index (χ2v) is 6.36. The van der Waals surface area contributed by atoms with Gasteiger partial charge in [-0.1, -0.05) is 68.4 Å². The zero-order valence-electron chi connectivity index (χ0n) is 13.6. The highest BCUT2D eigenvalue weighted by atomic mass is 14.9. The maximum Gasteiger partial charge on any atom is 0.0297 e. The van der Waals surface area contributed by atoms with Crippen molar-refractivity contribution >= 4 is 0 Å². The van der Waals surface area contributed by atoms with Crippen LogP contribution in [0.5, 0.6) is 0 Å². The molecule has 2 unspecified atom stereocenters. The third-order valence-corrected chi connectivity index (χ3v) is 3.92. The van der Waals surface area contributed by atoms with Gasteiger partial charge in [-0.2, -0.15) is 0 Å². The van der Waals surface area contributed by atoms with Gasteiger partial charge in [-0.05, 0) is 42.9 Å². The molecule has 0 spiro atoms. The SMILES string of the molecule is CC(C)Cc1ccc(C(C)NC(C)c2ccccc2)cc1. The summed E-state index contributed by atoms with van der Waals surface area (Å²) in [5, 5.41) is 3.67. The summed E-state index contributed by atoms with van der Waals surface area (Å²) in [6, 6.07) is 20.4. The van der Waals surface area contributed by atoms with E-state index in [1.807, 2.05) is 0 Å². The molecule has 1 nitrogen and oxygen atoms in total. The summed E-state index contributed by atoms with van der Waals surface area (Å²) in [6.07, 6.45) is 1.16. The number of hydrogen-bond acceptors (Lipinski definition) is 1. The standard InChI is InChI=1S/C20H27N/c1-15(2)14-18-10-12-20(13-11-18)17(4)21-16(3)19-8-6-5-7-9-19/h5-13,15-17,21H,14H2,1-4H3. The first-order chi connectivity index (χ1) is 10.1. The summed E-state index contributed by atoms with van der Waals surface area (Å²) in [4.78, 5) is 0. The maximum absolute atomic E-state index is 3.67. The Kier molecular flexibility index (Phi) is 5.58. The van der Waals surface area contributed by atoms with Crippen molar-refractivity contribution in [1.82, 2.24) is 5.32 Å². The minimum atomic E-state index is 0.355. The van der Waals surface area contributed by atoms with Crippen LogP contribution in [0.1, 0.15) is 56.5 Å². The van der Waals surface area contributed by atoms with E-state index >= 15 is 0 Å². The Bertz CT molecular complexity index is 528. The Balaban J connectivity index is 1.98. The second kappa shape index (κ2) is 7.42. The molecule has 0 aliphatic rings. The van der Waals surface area contributed by atoms with E-state index in [-0.39, 0.29) is 0 Å². The minimum Gasteiger partial charge on any atom is -0.304 e. The van der Waals surface area contributed by atoms with Crippen molar-refractivity contribution in [2.24, 2.45) is 5.92 Å². The Morgan fingerprint density at radius 3 is 1.76 bits per heavy atom. The van der Waals surface area contributed by atoms with Gasteiger partial charge in [-0.15, -0.1) is 0 Å². The Hall–Kier alpha value is -1.60. The molecule has 1 heteroatoms. The molecule has 0 fully saturated rings. The number of benzene rings is 2. The lowest BCUT2D eigenvalue weighted by Gasteiger charge is -2.21. The molecule has 112 valence electrons. The fraction of sp³-hybridized carbons (Fsp3) is 0.400. The molecule has 0 aromatic heterocycles. The van der Waals surface area contributed by atoms with Crippen molar-refractivity contribution in [3.8, 4) is 0 Å². The van der Waals surface area contributed by atoms with Gasteiger partial charge in [0, 0.05) is 12.1 Å². The highest BCUT2D eigenvalue weighted by molar-refractivity contribution is 5.26. The number of hydrogen-bond donors (Lipinski definition) is 1. The first-order valence-electron chi connectivity index (χ1n) is 7.96. The van der Waals surface area contributed by atoms with Gasteiger partial charge < -0.3 is 5.32 Å². The summed E-state index contributed by atoms with van der Waals surface area (Å²) in [5.41, 5.74) is 4.11. The monoisotopic (exact) mass is 281 g/mol. The van der Waals surface area contributed by atoms with Crippen molar-refractivity contribution < 1.29 is 0 Å². The number of rotatable bonds is 6. The molecule has 0 amide bonds. The molecule has 0 aliphatic heterocycles. The van der Waals surface area contributed by atoms with Crippen LogP contribution in [0.25, 0.3) is 0 Å². The van der Waals surface area contributed by atoms with Crippen LogP contribution in [0.15, 0.2) is 54.6 Å². The molecule has 0 aliphatic carbocycles. The van der Waals surface area contributed by atoms with Crippen molar-refractivity contribution in [3.63, 3.8) is 0 Å². The number of nitrogens with one attached hydrogen (secondary N) is 1. The van der Waals surface area contributed by atoms with Crippen molar-refractivity contribution in [3.05, 3.63) is 71.3 Å². The van der Waals surface area contributed by atoms with E-state index in [4.69, 9.17) is 0 Å². The van der Waals surface area contributed by atoms with E-state index in [1.54, 1.807) is 0 Å². The molecule has 21 heavy (non-hydrogen) atoms. The highest BCUT2D eigenvalue weighted by Crippen LogP contribution is 2.20. The first-order valence-corrected chi connectivity index (χ1v) is 7.96. The van der Waals surface area contributed by atoms with Crippen LogP contribution in [0, 0.1) is 5.92 Å². The zero-order valence-corrected chi connectivity index (χ0v) is 13.6. The van der Waals surface area contributed by atoms with Crippen LogP contribution in [0.3, 0.4) is 0 Å². The van der Waals surface area contributed by atoms with E-state index in [0.29, 0.717) is 18.0 Å². The quantitative estimate of drug-likeness (QED) is 0.758. The highest BCUT2D eigenvalue weighted by Gasteiger charge is 2.10. The molecule has 0 radical (unpaired) electrons. The Morgan fingerprint density at radius 1 is 0.714 bits per heavy atom. The molecule has 0 saturated heterocycles. The lowest BCUT2D eigenvalue weighted by atomic mass is 9.99. The molecular formula is C20H27N. The van der Waals surface area contributed by atoms with Gasteiger partial charge in [0.1, 0.15) is 0 Å². The van der Waals surface area contributed by atoms with Gasteiger partial charge in [0.15, 0.2) is 0 Å². The van der Waals surface area contributed by atoms with E-state index in [1.165, 1.54) is 16.7 Å². The minimum absolute atomic E-state index is 0.355. The van der Waals surface area contributed by atoms with Crippen LogP contribution in [0.2, 0.25) is 0 Å². The molecular weight excluding hydrogens is 254 g/mol. The summed E-state index contributed by atoms with van der Waals surface area (Å²) >= 11 is 0. The second-order valence-electron chi connectivity index (χ2n) is 6.36. The molecule has 2 rings (SSSR count). The van der Waals surface area contributed by atoms with Crippen LogP contribution in [-0.2, 0) is 6.42 Å². The van der Waals surface area contributed by atoms with E-state index in [2.05, 4.69) is 87.6 Å². The predicted molar refractivity (Wildman–Crippen MR) is 91.4 cm³/mol.